The van der Waals surface area contributed by atoms with Gasteiger partial charge in [0.2, 0.25) is 0 Å². The van der Waals surface area contributed by atoms with Crippen LogP contribution in [-0.2, 0) is 17.8 Å². The minimum Gasteiger partial charge on any atom is -0.494 e. The van der Waals surface area contributed by atoms with Crippen molar-refractivity contribution >= 4 is 11.9 Å². The topological polar surface area (TPSA) is 102 Å². The molecule has 8 nitrogen and oxygen atoms in total. The number of carboxylic acids is 1. The van der Waals surface area contributed by atoms with Gasteiger partial charge in [0, 0.05) is 42.0 Å². The summed E-state index contributed by atoms with van der Waals surface area (Å²) in [5.41, 5.74) is 6.09. The van der Waals surface area contributed by atoms with E-state index in [1.165, 1.54) is 5.56 Å². The lowest BCUT2D eigenvalue weighted by atomic mass is 9.85. The lowest BCUT2D eigenvalue weighted by Crippen LogP contribution is -2.36. The van der Waals surface area contributed by atoms with Crippen molar-refractivity contribution in [2.45, 2.75) is 52.0 Å². The zero-order valence-electron chi connectivity index (χ0n) is 21.2. The Morgan fingerprint density at radius 3 is 2.65 bits per heavy atom. The third-order valence-electron chi connectivity index (χ3n) is 7.15. The number of nitrogens with zero attached hydrogens (tertiary/aromatic N) is 3. The van der Waals surface area contributed by atoms with Gasteiger partial charge in [0.1, 0.15) is 5.75 Å². The second-order valence-electron chi connectivity index (χ2n) is 9.73. The number of carbonyl (C=O) groups excluding carboxylic acids is 1. The van der Waals surface area contributed by atoms with Crippen molar-refractivity contribution in [1.82, 2.24) is 14.9 Å². The number of aromatic nitrogens is 2. The number of hydrogen-bond acceptors (Lipinski definition) is 6. The summed E-state index contributed by atoms with van der Waals surface area (Å²) in [5.74, 6) is -0.575. The van der Waals surface area contributed by atoms with Crippen LogP contribution in [0.2, 0.25) is 0 Å². The smallest absolute Gasteiger partial charge is 0.316 e. The van der Waals surface area contributed by atoms with Crippen LogP contribution >= 0.6 is 0 Å². The molecule has 37 heavy (non-hydrogen) atoms. The van der Waals surface area contributed by atoms with Gasteiger partial charge in [0.05, 0.1) is 19.6 Å². The third kappa shape index (κ3) is 5.43. The Bertz CT molecular complexity index is 1340. The second-order valence-corrected chi connectivity index (χ2v) is 9.73. The first-order valence-electron chi connectivity index (χ1n) is 12.7. The predicted molar refractivity (Wildman–Crippen MR) is 137 cm³/mol. The molecule has 1 unspecified atom stereocenters. The molecule has 1 amide bonds. The normalized spacial score (nSPS) is 17.7. The summed E-state index contributed by atoms with van der Waals surface area (Å²) < 4.78 is 11.6. The van der Waals surface area contributed by atoms with E-state index < -0.39 is 11.9 Å². The van der Waals surface area contributed by atoms with E-state index >= 15 is 0 Å². The van der Waals surface area contributed by atoms with Gasteiger partial charge in [-0.25, -0.2) is 9.97 Å². The summed E-state index contributed by atoms with van der Waals surface area (Å²) >= 11 is 0. The molecule has 7 bridgehead atoms. The van der Waals surface area contributed by atoms with Crippen molar-refractivity contribution < 1.29 is 24.2 Å². The van der Waals surface area contributed by atoms with E-state index in [1.54, 1.807) is 6.20 Å². The molecule has 0 aliphatic carbocycles. The van der Waals surface area contributed by atoms with Gasteiger partial charge in [-0.2, -0.15) is 0 Å². The van der Waals surface area contributed by atoms with Crippen LogP contribution in [0.15, 0.2) is 42.6 Å². The van der Waals surface area contributed by atoms with Crippen LogP contribution in [0.25, 0.3) is 0 Å². The fourth-order valence-electron chi connectivity index (χ4n) is 5.11. The zero-order chi connectivity index (χ0) is 25.9. The largest absolute Gasteiger partial charge is 0.494 e. The summed E-state index contributed by atoms with van der Waals surface area (Å²) in [6, 6.07) is 12.0. The molecule has 0 spiro atoms. The van der Waals surface area contributed by atoms with E-state index in [-0.39, 0.29) is 18.3 Å². The molecule has 1 aromatic heterocycles. The van der Waals surface area contributed by atoms with Gasteiger partial charge in [0.15, 0.2) is 0 Å². The number of hydrogen-bond donors (Lipinski definition) is 1. The molecule has 0 fully saturated rings. The molecule has 0 saturated carbocycles. The Morgan fingerprint density at radius 1 is 1.08 bits per heavy atom. The third-order valence-corrected chi connectivity index (χ3v) is 7.15. The van der Waals surface area contributed by atoms with Gasteiger partial charge in [-0.1, -0.05) is 18.2 Å². The van der Waals surface area contributed by atoms with Gasteiger partial charge < -0.3 is 19.5 Å². The number of aliphatic carboxylic acids is 1. The molecule has 2 aromatic carbocycles. The van der Waals surface area contributed by atoms with Crippen molar-refractivity contribution in [1.29, 1.82) is 0 Å². The Balaban J connectivity index is 1.53. The van der Waals surface area contributed by atoms with E-state index in [2.05, 4.69) is 16.0 Å². The maximum atomic E-state index is 13.5. The standard InChI is InChI=1S/C29H31N3O5/c1-18-13-23-7-8-24(18)28(35)32-10-9-20-5-6-21(14-22(20)17-32)25(15-27(33)34)26-16-30-29(31-19(26)2)37-12-4-3-11-36-23/h5-8,13-14,16,25H,3-4,9-12,15,17H2,1-2H3,(H,33,34). The van der Waals surface area contributed by atoms with Crippen molar-refractivity contribution in [3.63, 3.8) is 0 Å². The molecule has 8 heteroatoms. The second kappa shape index (κ2) is 10.6. The average Bonchev–Trinajstić information content (AvgIpc) is 2.88. The summed E-state index contributed by atoms with van der Waals surface area (Å²) in [4.78, 5) is 36.0. The Hall–Kier alpha value is -3.94. The fourth-order valence-corrected chi connectivity index (χ4v) is 5.11. The van der Waals surface area contributed by atoms with Gasteiger partial charge >= 0.3 is 12.0 Å². The van der Waals surface area contributed by atoms with E-state index in [1.807, 2.05) is 49.1 Å². The first kappa shape index (κ1) is 24.7. The molecule has 0 saturated heterocycles. The molecule has 1 atom stereocenters. The quantitative estimate of drug-likeness (QED) is 0.554. The molecular weight excluding hydrogens is 470 g/mol. The van der Waals surface area contributed by atoms with Crippen LogP contribution in [0.4, 0.5) is 0 Å². The van der Waals surface area contributed by atoms with Crippen LogP contribution in [0.1, 0.15) is 69.0 Å². The van der Waals surface area contributed by atoms with Crippen molar-refractivity contribution in [2.75, 3.05) is 19.8 Å². The molecule has 5 aliphatic heterocycles. The molecule has 6 heterocycles. The highest BCUT2D eigenvalue weighted by Gasteiger charge is 2.26. The van der Waals surface area contributed by atoms with Crippen LogP contribution < -0.4 is 9.47 Å². The number of carbonyl (C=O) groups is 2. The lowest BCUT2D eigenvalue weighted by molar-refractivity contribution is -0.137. The number of ether oxygens (including phenoxy) is 2. The summed E-state index contributed by atoms with van der Waals surface area (Å²) in [7, 11) is 0. The van der Waals surface area contributed by atoms with Crippen LogP contribution in [0.5, 0.6) is 11.8 Å². The maximum Gasteiger partial charge on any atom is 0.316 e. The van der Waals surface area contributed by atoms with E-state index in [0.29, 0.717) is 37.6 Å². The molecule has 3 aromatic rings. The molecule has 1 N–H and O–H groups in total. The number of aryl methyl sites for hydroxylation is 2. The minimum atomic E-state index is -0.897. The predicted octanol–water partition coefficient (Wildman–Crippen LogP) is 4.45. The minimum absolute atomic E-state index is 0.00920. The highest BCUT2D eigenvalue weighted by atomic mass is 16.5. The zero-order valence-corrected chi connectivity index (χ0v) is 21.2. The lowest BCUT2D eigenvalue weighted by Gasteiger charge is -2.30. The average molecular weight is 502 g/mol. The van der Waals surface area contributed by atoms with E-state index in [9.17, 15) is 14.7 Å². The Morgan fingerprint density at radius 2 is 1.89 bits per heavy atom. The van der Waals surface area contributed by atoms with Gasteiger partial charge in [0.25, 0.3) is 5.91 Å². The Labute approximate surface area is 216 Å². The maximum absolute atomic E-state index is 13.5. The van der Waals surface area contributed by atoms with Crippen molar-refractivity contribution in [3.05, 3.63) is 81.7 Å². The van der Waals surface area contributed by atoms with E-state index in [4.69, 9.17) is 9.47 Å². The van der Waals surface area contributed by atoms with Gasteiger partial charge in [-0.05, 0) is 73.6 Å². The fraction of sp³-hybridized carbons (Fsp3) is 0.379. The van der Waals surface area contributed by atoms with E-state index in [0.717, 1.165) is 47.3 Å². The van der Waals surface area contributed by atoms with Gasteiger partial charge in [-0.15, -0.1) is 0 Å². The summed E-state index contributed by atoms with van der Waals surface area (Å²) in [6.45, 7) is 5.89. The molecule has 0 radical (unpaired) electrons. The van der Waals surface area contributed by atoms with Crippen LogP contribution in [-0.4, -0.2) is 51.6 Å². The van der Waals surface area contributed by atoms with Crippen LogP contribution in [0, 0.1) is 13.8 Å². The SMILES string of the molecule is Cc1cc2ccc1C(=O)N1CCc3ccc(cc3C1)C(CC(=O)O)c1cnc(nc1C)OCCCCO2. The molecule has 5 aliphatic rings. The first-order valence-corrected chi connectivity index (χ1v) is 12.7. The number of rotatable bonds is 2. The van der Waals surface area contributed by atoms with Crippen LogP contribution in [0.3, 0.4) is 0 Å². The van der Waals surface area contributed by atoms with Crippen molar-refractivity contribution in [3.8, 4) is 11.8 Å². The highest BCUT2D eigenvalue weighted by Crippen LogP contribution is 2.33. The summed E-state index contributed by atoms with van der Waals surface area (Å²) in [5, 5.41) is 9.70. The molecule has 192 valence electrons. The summed E-state index contributed by atoms with van der Waals surface area (Å²) in [6.07, 6.45) is 3.91. The molecule has 8 rings (SSSR count). The van der Waals surface area contributed by atoms with Gasteiger partial charge in [-0.3, -0.25) is 9.59 Å². The van der Waals surface area contributed by atoms with Crippen molar-refractivity contribution in [2.24, 2.45) is 0 Å². The first-order chi connectivity index (χ1) is 17.9. The Kier molecular flexibility index (Phi) is 7.08. The number of carboxylic acid groups (broad SMARTS) is 1. The number of benzene rings is 2. The monoisotopic (exact) mass is 501 g/mol. The molecular formula is C29H31N3O5. The number of amides is 1. The highest BCUT2D eigenvalue weighted by molar-refractivity contribution is 5.96.